The van der Waals surface area contributed by atoms with Gasteiger partial charge in [-0.15, -0.1) is 6.58 Å². The molecule has 1 atom stereocenters. The third-order valence-corrected chi connectivity index (χ3v) is 5.12. The van der Waals surface area contributed by atoms with Crippen LogP contribution in [0.5, 0.6) is 17.2 Å². The summed E-state index contributed by atoms with van der Waals surface area (Å²) in [6, 6.07) is 9.81. The minimum Gasteiger partial charge on any atom is -0.508 e. The summed E-state index contributed by atoms with van der Waals surface area (Å²) >= 11 is 0. The van der Waals surface area contributed by atoms with E-state index in [-0.39, 0.29) is 46.9 Å². The summed E-state index contributed by atoms with van der Waals surface area (Å²) in [6.45, 7) is 7.32. The summed E-state index contributed by atoms with van der Waals surface area (Å²) in [5.74, 6) is -1.04. The van der Waals surface area contributed by atoms with Crippen molar-refractivity contribution in [2.75, 3.05) is 20.8 Å². The molecule has 0 amide bonds. The fraction of sp³-hybridized carbons (Fsp3) is 0.222. The Morgan fingerprint density at radius 2 is 1.69 bits per heavy atom. The topological polar surface area (TPSA) is 119 Å². The fourth-order valence-corrected chi connectivity index (χ4v) is 3.43. The number of phenols is 2. The molecule has 0 aliphatic heterocycles. The van der Waals surface area contributed by atoms with Gasteiger partial charge in [0.15, 0.2) is 11.5 Å². The van der Waals surface area contributed by atoms with Gasteiger partial charge in [-0.1, -0.05) is 18.2 Å². The number of esters is 1. The lowest BCUT2D eigenvalue weighted by atomic mass is 9.85. The number of aryl methyl sites for hydroxylation is 1. The number of carbonyl (C=O) groups excluding carboxylic acids is 3. The monoisotopic (exact) mass is 480 g/mol. The molecule has 0 radical (unpaired) electrons. The van der Waals surface area contributed by atoms with Crippen LogP contribution in [0.25, 0.3) is 0 Å². The van der Waals surface area contributed by atoms with Gasteiger partial charge in [-0.25, -0.2) is 4.79 Å². The minimum absolute atomic E-state index is 0.0568. The van der Waals surface area contributed by atoms with Gasteiger partial charge in [0.25, 0.3) is 0 Å². The molecule has 2 aromatic rings. The van der Waals surface area contributed by atoms with Crippen molar-refractivity contribution >= 4 is 17.5 Å². The first-order chi connectivity index (χ1) is 16.7. The van der Waals surface area contributed by atoms with Gasteiger partial charge in [0.2, 0.25) is 5.78 Å². The molecule has 184 valence electrons. The lowest BCUT2D eigenvalue weighted by molar-refractivity contribution is -0.117. The van der Waals surface area contributed by atoms with E-state index in [0.29, 0.717) is 11.1 Å². The van der Waals surface area contributed by atoms with Gasteiger partial charge in [0.05, 0.1) is 20.8 Å². The molecule has 2 aromatic carbocycles. The number of phenolic OH excluding ortho intramolecular Hbond substituents is 2. The lowest BCUT2D eigenvalue weighted by Gasteiger charge is -2.18. The number of rotatable bonds is 7. The van der Waals surface area contributed by atoms with E-state index in [1.807, 2.05) is 12.1 Å². The first-order valence-corrected chi connectivity index (χ1v) is 10.7. The predicted molar refractivity (Wildman–Crippen MR) is 130 cm³/mol. The molecule has 0 saturated heterocycles. The lowest BCUT2D eigenvalue weighted by Crippen LogP contribution is -2.18. The van der Waals surface area contributed by atoms with E-state index in [4.69, 9.17) is 19.3 Å². The van der Waals surface area contributed by atoms with E-state index in [9.17, 15) is 19.5 Å². The van der Waals surface area contributed by atoms with Crippen LogP contribution < -0.4 is 4.74 Å². The highest BCUT2D eigenvalue weighted by Crippen LogP contribution is 2.30. The molecule has 0 bridgehead atoms. The molecule has 0 aromatic heterocycles. The number of methoxy groups -OCH3 is 2. The Hall–Kier alpha value is -4.33. The Morgan fingerprint density at radius 3 is 2.20 bits per heavy atom. The standard InChI is InChI=1S/C17H16O4.C10H12O4/c1-4-13(11-5-7-12(20-2)8-6-11)14-9-16(19)17(21-3)10-15(14)18;1-3-14-10(13)9-6(2)4-7(11)5-8(9)12/h4-10,13H,1H2,2-3H3;4-5,11-12H,3H2,1-2H3. The van der Waals surface area contributed by atoms with E-state index >= 15 is 0 Å². The molecule has 1 aliphatic rings. The smallest absolute Gasteiger partial charge is 0.342 e. The number of aromatic hydroxyl groups is 2. The maximum atomic E-state index is 12.2. The van der Waals surface area contributed by atoms with Crippen molar-refractivity contribution in [3.8, 4) is 17.2 Å². The Labute approximate surface area is 203 Å². The van der Waals surface area contributed by atoms with Crippen LogP contribution in [0.15, 0.2) is 72.5 Å². The third kappa shape index (κ3) is 6.60. The first-order valence-electron chi connectivity index (χ1n) is 10.7. The Morgan fingerprint density at radius 1 is 1.03 bits per heavy atom. The number of ketones is 2. The Kier molecular flexibility index (Phi) is 9.40. The van der Waals surface area contributed by atoms with Crippen LogP contribution >= 0.6 is 0 Å². The second-order valence-electron chi connectivity index (χ2n) is 7.40. The number of benzene rings is 2. The van der Waals surface area contributed by atoms with Crippen molar-refractivity contribution in [1.82, 2.24) is 0 Å². The second-order valence-corrected chi connectivity index (χ2v) is 7.40. The Balaban J connectivity index is 0.000000269. The van der Waals surface area contributed by atoms with Crippen molar-refractivity contribution in [3.63, 3.8) is 0 Å². The molecular formula is C27H28O8. The second kappa shape index (κ2) is 12.2. The van der Waals surface area contributed by atoms with Gasteiger partial charge in [0, 0.05) is 23.6 Å². The molecule has 8 heteroatoms. The Bertz CT molecular complexity index is 1150. The van der Waals surface area contributed by atoms with Crippen molar-refractivity contribution in [2.24, 2.45) is 0 Å². The summed E-state index contributed by atoms with van der Waals surface area (Å²) in [7, 11) is 2.95. The fourth-order valence-electron chi connectivity index (χ4n) is 3.43. The van der Waals surface area contributed by atoms with E-state index in [1.54, 1.807) is 39.2 Å². The van der Waals surface area contributed by atoms with Crippen LogP contribution in [0.1, 0.15) is 34.3 Å². The van der Waals surface area contributed by atoms with E-state index in [0.717, 1.165) is 17.4 Å². The molecular weight excluding hydrogens is 452 g/mol. The maximum absolute atomic E-state index is 12.2. The van der Waals surface area contributed by atoms with Crippen LogP contribution in [-0.4, -0.2) is 48.6 Å². The van der Waals surface area contributed by atoms with Crippen molar-refractivity contribution < 1.29 is 38.8 Å². The van der Waals surface area contributed by atoms with E-state index in [2.05, 4.69) is 6.58 Å². The van der Waals surface area contributed by atoms with Gasteiger partial charge in [-0.05, 0) is 49.2 Å². The van der Waals surface area contributed by atoms with Crippen molar-refractivity contribution in [2.45, 2.75) is 19.8 Å². The zero-order chi connectivity index (χ0) is 26.1. The van der Waals surface area contributed by atoms with Crippen LogP contribution in [0.2, 0.25) is 0 Å². The molecule has 0 heterocycles. The summed E-state index contributed by atoms with van der Waals surface area (Å²) in [6.07, 6.45) is 4.18. The summed E-state index contributed by atoms with van der Waals surface area (Å²) < 4.78 is 14.7. The number of hydrogen-bond acceptors (Lipinski definition) is 8. The SMILES string of the molecule is C=CC(C1=CC(=O)C(OC)=CC1=O)c1ccc(OC)cc1.CCOC(=O)c1c(C)cc(O)cc1O. The van der Waals surface area contributed by atoms with Crippen LogP contribution in [0.4, 0.5) is 0 Å². The molecule has 2 N–H and O–H groups in total. The molecule has 8 nitrogen and oxygen atoms in total. The van der Waals surface area contributed by atoms with E-state index in [1.165, 1.54) is 25.3 Å². The quantitative estimate of drug-likeness (QED) is 0.345. The normalized spacial score (nSPS) is 13.5. The molecule has 0 fully saturated rings. The summed E-state index contributed by atoms with van der Waals surface area (Å²) in [4.78, 5) is 35.3. The van der Waals surface area contributed by atoms with Gasteiger partial charge < -0.3 is 24.4 Å². The zero-order valence-electron chi connectivity index (χ0n) is 20.0. The predicted octanol–water partition coefficient (Wildman–Crippen LogP) is 4.16. The van der Waals surface area contributed by atoms with Crippen molar-refractivity contribution in [1.29, 1.82) is 0 Å². The average molecular weight is 481 g/mol. The maximum Gasteiger partial charge on any atom is 0.342 e. The molecule has 3 rings (SSSR count). The third-order valence-electron chi connectivity index (χ3n) is 5.12. The van der Waals surface area contributed by atoms with Gasteiger partial charge in [-0.3, -0.25) is 9.59 Å². The minimum atomic E-state index is -0.581. The highest BCUT2D eigenvalue weighted by Gasteiger charge is 2.26. The summed E-state index contributed by atoms with van der Waals surface area (Å²) in [5.41, 5.74) is 1.85. The zero-order valence-corrected chi connectivity index (χ0v) is 20.0. The molecule has 35 heavy (non-hydrogen) atoms. The van der Waals surface area contributed by atoms with Gasteiger partial charge in [-0.2, -0.15) is 0 Å². The average Bonchev–Trinajstić information content (AvgIpc) is 2.82. The van der Waals surface area contributed by atoms with Crippen LogP contribution in [0.3, 0.4) is 0 Å². The van der Waals surface area contributed by atoms with Gasteiger partial charge in [0.1, 0.15) is 22.8 Å². The van der Waals surface area contributed by atoms with E-state index < -0.39 is 5.97 Å². The first kappa shape index (κ1) is 26.9. The van der Waals surface area contributed by atoms with Gasteiger partial charge >= 0.3 is 5.97 Å². The molecule has 1 aliphatic carbocycles. The number of carbonyl (C=O) groups is 3. The molecule has 1 unspecified atom stereocenters. The highest BCUT2D eigenvalue weighted by atomic mass is 16.5. The molecule has 0 spiro atoms. The van der Waals surface area contributed by atoms with Crippen LogP contribution in [0, 0.1) is 6.92 Å². The number of allylic oxidation sites excluding steroid dienone is 4. The number of ether oxygens (including phenoxy) is 3. The largest absolute Gasteiger partial charge is 0.508 e. The van der Waals surface area contributed by atoms with Crippen LogP contribution in [-0.2, 0) is 19.1 Å². The van der Waals surface area contributed by atoms with Crippen molar-refractivity contribution in [3.05, 3.63) is 89.2 Å². The molecule has 0 saturated carbocycles. The highest BCUT2D eigenvalue weighted by molar-refractivity contribution is 6.19. The number of hydrogen-bond donors (Lipinski definition) is 2. The summed E-state index contributed by atoms with van der Waals surface area (Å²) in [5, 5.41) is 18.5.